The van der Waals surface area contributed by atoms with E-state index in [2.05, 4.69) is 5.32 Å². The first-order chi connectivity index (χ1) is 15.8. The minimum Gasteiger partial charge on any atom is -0.396 e. The molecule has 2 aromatic rings. The SMILES string of the molecule is O=C([C@H]1C[C@H](NCC(F)(F)F)[C@@H](CO)CO1)N1CCc2ccccc2[C@@H]1c1ccc(F)cc1. The molecule has 2 aliphatic heterocycles. The molecule has 0 unspecified atom stereocenters. The van der Waals surface area contributed by atoms with Gasteiger partial charge in [0, 0.05) is 25.1 Å². The molecule has 0 aliphatic carbocycles. The van der Waals surface area contributed by atoms with E-state index in [1.807, 2.05) is 24.3 Å². The van der Waals surface area contributed by atoms with E-state index in [0.29, 0.717) is 13.0 Å². The number of alkyl halides is 3. The summed E-state index contributed by atoms with van der Waals surface area (Å²) >= 11 is 0. The Kier molecular flexibility index (Phi) is 7.02. The second-order valence-corrected chi connectivity index (χ2v) is 8.54. The Balaban J connectivity index is 1.58. The van der Waals surface area contributed by atoms with Crippen molar-refractivity contribution in [3.05, 3.63) is 71.0 Å². The molecule has 9 heteroatoms. The molecule has 4 atom stereocenters. The minimum absolute atomic E-state index is 0.0198. The van der Waals surface area contributed by atoms with Gasteiger partial charge in [-0.3, -0.25) is 4.79 Å². The predicted molar refractivity (Wildman–Crippen MR) is 113 cm³/mol. The lowest BCUT2D eigenvalue weighted by atomic mass is 9.86. The number of halogens is 4. The molecule has 0 saturated carbocycles. The maximum atomic E-state index is 13.6. The van der Waals surface area contributed by atoms with Crippen molar-refractivity contribution in [3.8, 4) is 0 Å². The number of hydrogen-bond acceptors (Lipinski definition) is 4. The van der Waals surface area contributed by atoms with Crippen molar-refractivity contribution < 1.29 is 32.2 Å². The number of carbonyl (C=O) groups excluding carboxylic acids is 1. The first kappa shape index (κ1) is 23.7. The zero-order valence-corrected chi connectivity index (χ0v) is 17.9. The molecule has 0 aromatic heterocycles. The quantitative estimate of drug-likeness (QED) is 0.665. The van der Waals surface area contributed by atoms with Crippen molar-refractivity contribution in [3.63, 3.8) is 0 Å². The molecule has 2 N–H and O–H groups in total. The summed E-state index contributed by atoms with van der Waals surface area (Å²) < 4.78 is 57.5. The number of carbonyl (C=O) groups is 1. The van der Waals surface area contributed by atoms with Crippen LogP contribution >= 0.6 is 0 Å². The topological polar surface area (TPSA) is 61.8 Å². The molecule has 0 radical (unpaired) electrons. The molecular weight excluding hydrogens is 440 g/mol. The van der Waals surface area contributed by atoms with E-state index in [4.69, 9.17) is 4.74 Å². The Labute approximate surface area is 189 Å². The summed E-state index contributed by atoms with van der Waals surface area (Å²) in [5, 5.41) is 12.0. The lowest BCUT2D eigenvalue weighted by Gasteiger charge is -2.42. The van der Waals surface area contributed by atoms with Gasteiger partial charge >= 0.3 is 6.18 Å². The van der Waals surface area contributed by atoms with E-state index >= 15 is 0 Å². The van der Waals surface area contributed by atoms with Crippen LogP contribution in [0.1, 0.15) is 29.2 Å². The monoisotopic (exact) mass is 466 g/mol. The van der Waals surface area contributed by atoms with Gasteiger partial charge in [-0.15, -0.1) is 0 Å². The van der Waals surface area contributed by atoms with Crippen molar-refractivity contribution in [2.24, 2.45) is 5.92 Å². The number of ether oxygens (including phenoxy) is 1. The molecule has 1 amide bonds. The Morgan fingerprint density at radius 2 is 1.88 bits per heavy atom. The second-order valence-electron chi connectivity index (χ2n) is 8.54. The highest BCUT2D eigenvalue weighted by molar-refractivity contribution is 5.82. The molecule has 2 heterocycles. The first-order valence-corrected chi connectivity index (χ1v) is 10.9. The maximum Gasteiger partial charge on any atom is 0.401 e. The number of nitrogens with zero attached hydrogens (tertiary/aromatic N) is 1. The molecule has 33 heavy (non-hydrogen) atoms. The number of aliphatic hydroxyl groups is 1. The zero-order valence-electron chi connectivity index (χ0n) is 17.9. The van der Waals surface area contributed by atoms with Crippen LogP contribution in [0.4, 0.5) is 17.6 Å². The molecule has 5 nitrogen and oxygen atoms in total. The fourth-order valence-electron chi connectivity index (χ4n) is 4.69. The number of hydrogen-bond donors (Lipinski definition) is 2. The number of benzene rings is 2. The van der Waals surface area contributed by atoms with Gasteiger partial charge in [-0.25, -0.2) is 4.39 Å². The average molecular weight is 466 g/mol. The molecule has 2 aromatic carbocycles. The summed E-state index contributed by atoms with van der Waals surface area (Å²) in [6.45, 7) is -1.16. The fourth-order valence-corrected chi connectivity index (χ4v) is 4.69. The highest BCUT2D eigenvalue weighted by Gasteiger charge is 2.41. The second kappa shape index (κ2) is 9.79. The summed E-state index contributed by atoms with van der Waals surface area (Å²) in [6.07, 6.45) is -4.69. The molecule has 178 valence electrons. The summed E-state index contributed by atoms with van der Waals surface area (Å²) in [5.74, 6) is -1.25. The van der Waals surface area contributed by atoms with Crippen LogP contribution in [0.5, 0.6) is 0 Å². The summed E-state index contributed by atoms with van der Waals surface area (Å²) in [6, 6.07) is 12.5. The van der Waals surface area contributed by atoms with Gasteiger partial charge in [-0.05, 0) is 41.7 Å². The third-order valence-corrected chi connectivity index (χ3v) is 6.38. The first-order valence-electron chi connectivity index (χ1n) is 10.9. The third kappa shape index (κ3) is 5.37. The van der Waals surface area contributed by atoms with Crippen molar-refractivity contribution in [1.29, 1.82) is 0 Å². The summed E-state index contributed by atoms with van der Waals surface area (Å²) in [4.78, 5) is 15.2. The third-order valence-electron chi connectivity index (χ3n) is 6.38. The smallest absolute Gasteiger partial charge is 0.396 e. The van der Waals surface area contributed by atoms with Crippen LogP contribution in [0.3, 0.4) is 0 Å². The van der Waals surface area contributed by atoms with E-state index in [-0.39, 0.29) is 31.4 Å². The van der Waals surface area contributed by atoms with Gasteiger partial charge in [0.2, 0.25) is 0 Å². The van der Waals surface area contributed by atoms with E-state index in [0.717, 1.165) is 16.7 Å². The van der Waals surface area contributed by atoms with Crippen LogP contribution in [0.15, 0.2) is 48.5 Å². The van der Waals surface area contributed by atoms with Gasteiger partial charge in [0.05, 0.1) is 19.2 Å². The Hall–Kier alpha value is -2.49. The van der Waals surface area contributed by atoms with Gasteiger partial charge in [0.25, 0.3) is 5.91 Å². The molecule has 2 aliphatic rings. The molecular formula is C24H26F4N2O3. The number of aliphatic hydroxyl groups excluding tert-OH is 1. The molecule has 0 bridgehead atoms. The predicted octanol–water partition coefficient (Wildman–Crippen LogP) is 3.22. The van der Waals surface area contributed by atoms with E-state index < -0.39 is 36.8 Å². The van der Waals surface area contributed by atoms with E-state index in [1.165, 1.54) is 12.1 Å². The van der Waals surface area contributed by atoms with E-state index in [9.17, 15) is 27.5 Å². The largest absolute Gasteiger partial charge is 0.401 e. The molecule has 0 spiro atoms. The van der Waals surface area contributed by atoms with Gasteiger partial charge in [0.1, 0.15) is 11.9 Å². The van der Waals surface area contributed by atoms with Crippen molar-refractivity contribution in [1.82, 2.24) is 10.2 Å². The standard InChI is InChI=1S/C24H26F4N2O3/c25-18-7-5-16(6-8-18)22-19-4-2-1-3-15(19)9-10-30(22)23(32)21-11-20(17(12-31)13-33-21)29-14-24(26,27)28/h1-8,17,20-22,29,31H,9-14H2/t17-,20-,21+,22-/m0/s1. The van der Waals surface area contributed by atoms with Crippen molar-refractivity contribution in [2.45, 2.75) is 37.2 Å². The van der Waals surface area contributed by atoms with Gasteiger partial charge in [-0.2, -0.15) is 13.2 Å². The number of rotatable bonds is 5. The number of nitrogens with one attached hydrogen (secondary N) is 1. The van der Waals surface area contributed by atoms with Gasteiger partial charge in [0.15, 0.2) is 0 Å². The zero-order chi connectivity index (χ0) is 23.6. The maximum absolute atomic E-state index is 13.6. The summed E-state index contributed by atoms with van der Waals surface area (Å²) in [7, 11) is 0. The number of fused-ring (bicyclic) bond motifs is 1. The van der Waals surface area contributed by atoms with Crippen LogP contribution in [0.2, 0.25) is 0 Å². The summed E-state index contributed by atoms with van der Waals surface area (Å²) in [5.41, 5.74) is 2.76. The lowest BCUT2D eigenvalue weighted by molar-refractivity contribution is -0.155. The van der Waals surface area contributed by atoms with Crippen molar-refractivity contribution in [2.75, 3.05) is 26.3 Å². The molecule has 1 fully saturated rings. The van der Waals surface area contributed by atoms with Crippen LogP contribution < -0.4 is 5.32 Å². The van der Waals surface area contributed by atoms with Crippen LogP contribution in [-0.2, 0) is 16.0 Å². The average Bonchev–Trinajstić information content (AvgIpc) is 2.81. The Morgan fingerprint density at radius 3 is 2.58 bits per heavy atom. The van der Waals surface area contributed by atoms with Gasteiger partial charge < -0.3 is 20.1 Å². The van der Waals surface area contributed by atoms with Crippen LogP contribution in [0.25, 0.3) is 0 Å². The Morgan fingerprint density at radius 1 is 1.15 bits per heavy atom. The highest BCUT2D eigenvalue weighted by atomic mass is 19.4. The van der Waals surface area contributed by atoms with Crippen LogP contribution in [0, 0.1) is 11.7 Å². The van der Waals surface area contributed by atoms with E-state index in [1.54, 1.807) is 17.0 Å². The molecule has 4 rings (SSSR count). The number of amides is 1. The Bertz CT molecular complexity index is 967. The van der Waals surface area contributed by atoms with Crippen LogP contribution in [-0.4, -0.2) is 60.5 Å². The van der Waals surface area contributed by atoms with Crippen molar-refractivity contribution >= 4 is 5.91 Å². The normalized spacial score (nSPS) is 25.5. The van der Waals surface area contributed by atoms with Gasteiger partial charge in [-0.1, -0.05) is 36.4 Å². The lowest BCUT2D eigenvalue weighted by Crippen LogP contribution is -2.54. The highest BCUT2D eigenvalue weighted by Crippen LogP contribution is 2.36. The minimum atomic E-state index is -4.40. The fraction of sp³-hybridized carbons (Fsp3) is 0.458. The molecule has 1 saturated heterocycles.